The van der Waals surface area contributed by atoms with Gasteiger partial charge in [-0.25, -0.2) is 4.39 Å². The van der Waals surface area contributed by atoms with Crippen LogP contribution in [0.3, 0.4) is 0 Å². The van der Waals surface area contributed by atoms with Crippen molar-refractivity contribution < 1.29 is 19.0 Å². The molecule has 0 saturated carbocycles. The number of fused-ring (bicyclic) bond motifs is 2. The Hall–Kier alpha value is -2.55. The molecule has 0 radical (unpaired) electrons. The van der Waals surface area contributed by atoms with E-state index in [0.717, 1.165) is 24.9 Å². The van der Waals surface area contributed by atoms with E-state index in [0.29, 0.717) is 29.9 Å². The van der Waals surface area contributed by atoms with Crippen molar-refractivity contribution in [3.8, 4) is 23.8 Å². The third-order valence-corrected chi connectivity index (χ3v) is 6.18. The molecule has 2 heterocycles. The summed E-state index contributed by atoms with van der Waals surface area (Å²) in [5.41, 5.74) is 0.850. The van der Waals surface area contributed by atoms with Crippen LogP contribution in [0.4, 0.5) is 4.39 Å². The summed E-state index contributed by atoms with van der Waals surface area (Å²) in [6, 6.07) is 12.8. The van der Waals surface area contributed by atoms with Crippen LogP contribution in [-0.4, -0.2) is 35.8 Å². The van der Waals surface area contributed by atoms with Crippen LogP contribution in [0.15, 0.2) is 42.5 Å². The molecule has 0 aliphatic carbocycles. The van der Waals surface area contributed by atoms with E-state index in [4.69, 9.17) is 15.9 Å². The molecule has 2 aromatic carbocycles. The minimum atomic E-state index is -0.963. The Bertz CT molecular complexity index is 909. The van der Waals surface area contributed by atoms with Crippen molar-refractivity contribution in [1.82, 2.24) is 4.90 Å². The summed E-state index contributed by atoms with van der Waals surface area (Å²) in [7, 11) is 1.62. The van der Waals surface area contributed by atoms with Crippen LogP contribution in [0.1, 0.15) is 36.8 Å². The summed E-state index contributed by atoms with van der Waals surface area (Å²) in [4.78, 5) is 2.46. The summed E-state index contributed by atoms with van der Waals surface area (Å²) in [6.07, 6.45) is 8.59. The van der Waals surface area contributed by atoms with Gasteiger partial charge in [0, 0.05) is 18.6 Å². The van der Waals surface area contributed by atoms with E-state index in [2.05, 4.69) is 10.8 Å². The zero-order valence-corrected chi connectivity index (χ0v) is 16.6. The standard InChI is InChI=1S/C24H26FNO3/c1-3-11-29-22-10-7-17(12-23(22)28-2)16-26-20-8-9-21(26)15-24(27,14-20)18-5-4-6-19(25)13-18/h1,4-7,10,12-13,20-21,27H,8-9,11,14-16H2,2H3/t20-,21-/m0/s1. The summed E-state index contributed by atoms with van der Waals surface area (Å²) < 4.78 is 24.7. The van der Waals surface area contributed by atoms with E-state index in [1.165, 1.54) is 12.1 Å². The molecule has 0 unspecified atom stereocenters. The minimum absolute atomic E-state index is 0.199. The van der Waals surface area contributed by atoms with E-state index in [1.54, 1.807) is 13.2 Å². The highest BCUT2D eigenvalue weighted by atomic mass is 19.1. The van der Waals surface area contributed by atoms with E-state index in [1.807, 2.05) is 24.3 Å². The summed E-state index contributed by atoms with van der Waals surface area (Å²) >= 11 is 0. The van der Waals surface area contributed by atoms with Gasteiger partial charge in [0.2, 0.25) is 0 Å². The highest BCUT2D eigenvalue weighted by molar-refractivity contribution is 5.43. The number of nitrogens with zero attached hydrogens (tertiary/aromatic N) is 1. The number of terminal acetylenes is 1. The molecule has 152 valence electrons. The molecule has 29 heavy (non-hydrogen) atoms. The molecule has 4 nitrogen and oxygen atoms in total. The van der Waals surface area contributed by atoms with Gasteiger partial charge in [-0.05, 0) is 61.1 Å². The maximum atomic E-state index is 13.7. The quantitative estimate of drug-likeness (QED) is 0.755. The van der Waals surface area contributed by atoms with Gasteiger partial charge in [0.05, 0.1) is 12.7 Å². The lowest BCUT2D eigenvalue weighted by Crippen LogP contribution is -2.49. The van der Waals surface area contributed by atoms with Gasteiger partial charge in [-0.3, -0.25) is 4.90 Å². The van der Waals surface area contributed by atoms with Gasteiger partial charge in [0.1, 0.15) is 12.4 Å². The normalized spacial score (nSPS) is 26.1. The zero-order chi connectivity index (χ0) is 20.4. The van der Waals surface area contributed by atoms with Crippen LogP contribution in [0.2, 0.25) is 0 Å². The number of benzene rings is 2. The highest BCUT2D eigenvalue weighted by Gasteiger charge is 2.48. The fourth-order valence-electron chi connectivity index (χ4n) is 4.85. The topological polar surface area (TPSA) is 41.9 Å². The van der Waals surface area contributed by atoms with E-state index >= 15 is 0 Å². The smallest absolute Gasteiger partial charge is 0.162 e. The Morgan fingerprint density at radius 3 is 2.59 bits per heavy atom. The second kappa shape index (κ2) is 8.06. The Labute approximate surface area is 171 Å². The lowest BCUT2D eigenvalue weighted by Gasteiger charge is -2.44. The lowest BCUT2D eigenvalue weighted by molar-refractivity contribution is -0.0596. The van der Waals surface area contributed by atoms with Crippen molar-refractivity contribution >= 4 is 0 Å². The maximum absolute atomic E-state index is 13.7. The highest BCUT2D eigenvalue weighted by Crippen LogP contribution is 2.46. The van der Waals surface area contributed by atoms with Crippen LogP contribution in [0.5, 0.6) is 11.5 Å². The predicted octanol–water partition coefficient (Wildman–Crippen LogP) is 3.86. The number of aliphatic hydroxyl groups is 1. The van der Waals surface area contributed by atoms with Crippen molar-refractivity contribution in [3.63, 3.8) is 0 Å². The summed E-state index contributed by atoms with van der Waals surface area (Å²) in [5.74, 6) is 3.46. The molecule has 2 bridgehead atoms. The van der Waals surface area contributed by atoms with Gasteiger partial charge >= 0.3 is 0 Å². The first-order chi connectivity index (χ1) is 14.0. The molecule has 1 N–H and O–H groups in total. The molecular formula is C24H26FNO3. The Kier molecular flexibility index (Phi) is 5.49. The fraction of sp³-hybridized carbons (Fsp3) is 0.417. The van der Waals surface area contributed by atoms with Crippen molar-refractivity contribution in [3.05, 3.63) is 59.4 Å². The molecule has 2 saturated heterocycles. The van der Waals surface area contributed by atoms with Crippen LogP contribution in [0.25, 0.3) is 0 Å². The molecule has 4 rings (SSSR count). The average molecular weight is 395 g/mol. The lowest BCUT2D eigenvalue weighted by atomic mass is 9.80. The predicted molar refractivity (Wildman–Crippen MR) is 109 cm³/mol. The SMILES string of the molecule is C#CCOc1ccc(CN2[C@H]3CC[C@H]2CC(O)(c2cccc(F)c2)C3)cc1OC. The number of ether oxygens (including phenoxy) is 2. The number of rotatable bonds is 6. The summed E-state index contributed by atoms with van der Waals surface area (Å²) in [6.45, 7) is 0.977. The monoisotopic (exact) mass is 395 g/mol. The van der Waals surface area contributed by atoms with Crippen LogP contribution < -0.4 is 9.47 Å². The second-order valence-electron chi connectivity index (χ2n) is 7.99. The third-order valence-electron chi connectivity index (χ3n) is 6.18. The largest absolute Gasteiger partial charge is 0.493 e. The second-order valence-corrected chi connectivity index (χ2v) is 7.99. The molecule has 2 aliphatic heterocycles. The fourth-order valence-corrected chi connectivity index (χ4v) is 4.85. The van der Waals surface area contributed by atoms with Gasteiger partial charge in [-0.15, -0.1) is 6.42 Å². The average Bonchev–Trinajstić information content (AvgIpc) is 2.96. The molecular weight excluding hydrogens is 369 g/mol. The molecule has 5 heteroatoms. The Balaban J connectivity index is 1.50. The first-order valence-corrected chi connectivity index (χ1v) is 10.00. The van der Waals surface area contributed by atoms with Gasteiger partial charge < -0.3 is 14.6 Å². The molecule has 2 fully saturated rings. The van der Waals surface area contributed by atoms with Crippen molar-refractivity contribution in [2.24, 2.45) is 0 Å². The van der Waals surface area contributed by atoms with E-state index in [-0.39, 0.29) is 24.5 Å². The van der Waals surface area contributed by atoms with Crippen molar-refractivity contribution in [1.29, 1.82) is 0 Å². The van der Waals surface area contributed by atoms with Gasteiger partial charge in [0.15, 0.2) is 11.5 Å². The number of piperidine rings is 1. The molecule has 2 atom stereocenters. The van der Waals surface area contributed by atoms with E-state index < -0.39 is 5.60 Å². The molecule has 2 aromatic rings. The molecule has 2 aliphatic rings. The minimum Gasteiger partial charge on any atom is -0.493 e. The van der Waals surface area contributed by atoms with Gasteiger partial charge in [-0.2, -0.15) is 0 Å². The van der Waals surface area contributed by atoms with E-state index in [9.17, 15) is 9.50 Å². The Morgan fingerprint density at radius 1 is 1.17 bits per heavy atom. The van der Waals surface area contributed by atoms with Crippen LogP contribution in [0, 0.1) is 18.2 Å². The zero-order valence-electron chi connectivity index (χ0n) is 16.6. The third kappa shape index (κ3) is 3.96. The van der Waals surface area contributed by atoms with Crippen LogP contribution >= 0.6 is 0 Å². The molecule has 0 spiro atoms. The number of halogens is 1. The van der Waals surface area contributed by atoms with Gasteiger partial charge in [-0.1, -0.05) is 24.1 Å². The van der Waals surface area contributed by atoms with Crippen LogP contribution in [-0.2, 0) is 12.1 Å². The first kappa shape index (κ1) is 19.8. The number of hydrogen-bond acceptors (Lipinski definition) is 4. The van der Waals surface area contributed by atoms with Gasteiger partial charge in [0.25, 0.3) is 0 Å². The van der Waals surface area contributed by atoms with Crippen molar-refractivity contribution in [2.45, 2.75) is 49.9 Å². The number of hydrogen-bond donors (Lipinski definition) is 1. The summed E-state index contributed by atoms with van der Waals surface area (Å²) in [5, 5.41) is 11.3. The molecule has 0 amide bonds. The number of methoxy groups -OCH3 is 1. The Morgan fingerprint density at radius 2 is 1.93 bits per heavy atom. The van der Waals surface area contributed by atoms with Crippen molar-refractivity contribution in [2.75, 3.05) is 13.7 Å². The molecule has 0 aromatic heterocycles. The maximum Gasteiger partial charge on any atom is 0.162 e. The first-order valence-electron chi connectivity index (χ1n) is 10.00.